The molecule has 1 aliphatic heterocycles. The normalized spacial score (nSPS) is 15.2. The summed E-state index contributed by atoms with van der Waals surface area (Å²) in [6, 6.07) is 17.6. The van der Waals surface area contributed by atoms with Crippen LogP contribution < -0.4 is 0 Å². The molecule has 1 fully saturated rings. The molecule has 2 aromatic carbocycles. The van der Waals surface area contributed by atoms with E-state index in [0.717, 1.165) is 16.8 Å². The van der Waals surface area contributed by atoms with Crippen molar-refractivity contribution in [2.45, 2.75) is 27.3 Å². The molecule has 0 unspecified atom stereocenters. The Hall–Kier alpha value is -3.23. The van der Waals surface area contributed by atoms with Gasteiger partial charge in [0.2, 0.25) is 10.0 Å². The Morgan fingerprint density at radius 3 is 2.24 bits per heavy atom. The molecule has 0 saturated carbocycles. The number of hydrogen-bond acceptors (Lipinski definition) is 4. The standard InChI is InChI=1S/C26H30N4O3S/c1-20-9-11-24(12-10-20)19-30-22(3)25(21(2)27-30)26(31)28-14-16-29(17-15-28)34(32,33)18-13-23-7-5-4-6-8-23/h4-13,18H,14-17,19H2,1-3H3/b18-13+. The molecule has 1 saturated heterocycles. The van der Waals surface area contributed by atoms with E-state index in [1.54, 1.807) is 11.0 Å². The van der Waals surface area contributed by atoms with Crippen LogP contribution in [0.1, 0.15) is 38.4 Å². The van der Waals surface area contributed by atoms with Crippen LogP contribution in [0.4, 0.5) is 0 Å². The molecule has 178 valence electrons. The van der Waals surface area contributed by atoms with Gasteiger partial charge >= 0.3 is 0 Å². The third kappa shape index (κ3) is 5.29. The summed E-state index contributed by atoms with van der Waals surface area (Å²) in [6.07, 6.45) is 1.60. The molecule has 0 atom stereocenters. The quantitative estimate of drug-likeness (QED) is 0.542. The fraction of sp³-hybridized carbons (Fsp3) is 0.308. The first kappa shape index (κ1) is 23.9. The zero-order chi connectivity index (χ0) is 24.3. The van der Waals surface area contributed by atoms with E-state index in [9.17, 15) is 13.2 Å². The van der Waals surface area contributed by atoms with Gasteiger partial charge in [-0.15, -0.1) is 0 Å². The lowest BCUT2D eigenvalue weighted by molar-refractivity contribution is 0.0697. The highest BCUT2D eigenvalue weighted by Crippen LogP contribution is 2.20. The number of aromatic nitrogens is 2. The lowest BCUT2D eigenvalue weighted by atomic mass is 10.1. The minimum absolute atomic E-state index is 0.0953. The number of hydrogen-bond donors (Lipinski definition) is 0. The summed E-state index contributed by atoms with van der Waals surface area (Å²) in [5.41, 5.74) is 5.27. The minimum Gasteiger partial charge on any atom is -0.336 e. The summed E-state index contributed by atoms with van der Waals surface area (Å²) >= 11 is 0. The monoisotopic (exact) mass is 478 g/mol. The van der Waals surface area contributed by atoms with Crippen molar-refractivity contribution in [1.82, 2.24) is 19.0 Å². The van der Waals surface area contributed by atoms with Crippen molar-refractivity contribution in [2.75, 3.05) is 26.2 Å². The summed E-state index contributed by atoms with van der Waals surface area (Å²) in [5, 5.41) is 5.84. The fourth-order valence-corrected chi connectivity index (χ4v) is 5.32. The van der Waals surface area contributed by atoms with Crippen molar-refractivity contribution >= 4 is 22.0 Å². The van der Waals surface area contributed by atoms with Gasteiger partial charge in [-0.3, -0.25) is 9.48 Å². The summed E-state index contributed by atoms with van der Waals surface area (Å²) in [6.45, 7) is 7.63. The fourth-order valence-electron chi connectivity index (χ4n) is 4.15. The van der Waals surface area contributed by atoms with E-state index < -0.39 is 10.0 Å². The average molecular weight is 479 g/mol. The smallest absolute Gasteiger partial charge is 0.257 e. The number of carbonyl (C=O) groups excluding carboxylic acids is 1. The number of benzene rings is 2. The highest BCUT2D eigenvalue weighted by Gasteiger charge is 2.30. The molecule has 0 aliphatic carbocycles. The van der Waals surface area contributed by atoms with Gasteiger partial charge in [-0.1, -0.05) is 60.2 Å². The lowest BCUT2D eigenvalue weighted by Gasteiger charge is -2.33. The Bertz CT molecular complexity index is 1290. The maximum absolute atomic E-state index is 13.3. The highest BCUT2D eigenvalue weighted by molar-refractivity contribution is 7.92. The molecule has 1 amide bonds. The molecule has 0 bridgehead atoms. The molecule has 0 N–H and O–H groups in total. The zero-order valence-electron chi connectivity index (χ0n) is 19.8. The van der Waals surface area contributed by atoms with E-state index in [1.807, 2.05) is 48.9 Å². The molecule has 1 aliphatic rings. The zero-order valence-corrected chi connectivity index (χ0v) is 20.6. The molecule has 1 aromatic heterocycles. The van der Waals surface area contributed by atoms with Crippen LogP contribution in [-0.2, 0) is 16.6 Å². The highest BCUT2D eigenvalue weighted by atomic mass is 32.2. The Morgan fingerprint density at radius 2 is 1.59 bits per heavy atom. The number of sulfonamides is 1. The Balaban J connectivity index is 1.42. The number of rotatable bonds is 6. The largest absolute Gasteiger partial charge is 0.336 e. The summed E-state index contributed by atoms with van der Waals surface area (Å²) in [7, 11) is -3.55. The Kier molecular flexibility index (Phi) is 7.00. The van der Waals surface area contributed by atoms with Crippen LogP contribution in [0.5, 0.6) is 0 Å². The predicted molar refractivity (Wildman–Crippen MR) is 134 cm³/mol. The maximum Gasteiger partial charge on any atom is 0.257 e. The second-order valence-corrected chi connectivity index (χ2v) is 10.5. The average Bonchev–Trinajstić information content (AvgIpc) is 3.12. The van der Waals surface area contributed by atoms with Crippen LogP contribution in [0.25, 0.3) is 6.08 Å². The Labute approximate surface area is 201 Å². The van der Waals surface area contributed by atoms with Crippen LogP contribution in [0, 0.1) is 20.8 Å². The number of nitrogens with zero attached hydrogens (tertiary/aromatic N) is 4. The van der Waals surface area contributed by atoms with Crippen LogP contribution in [0.3, 0.4) is 0 Å². The molecule has 2 heterocycles. The predicted octanol–water partition coefficient (Wildman–Crippen LogP) is 3.62. The lowest BCUT2D eigenvalue weighted by Crippen LogP contribution is -2.50. The molecule has 0 spiro atoms. The first-order chi connectivity index (χ1) is 16.2. The van der Waals surface area contributed by atoms with E-state index in [1.165, 1.54) is 15.3 Å². The van der Waals surface area contributed by atoms with Crippen molar-refractivity contribution in [2.24, 2.45) is 0 Å². The van der Waals surface area contributed by atoms with E-state index >= 15 is 0 Å². The van der Waals surface area contributed by atoms with Gasteiger partial charge in [0, 0.05) is 37.3 Å². The van der Waals surface area contributed by atoms with Crippen molar-refractivity contribution in [1.29, 1.82) is 0 Å². The van der Waals surface area contributed by atoms with Crippen LogP contribution in [0.2, 0.25) is 0 Å². The van der Waals surface area contributed by atoms with E-state index in [0.29, 0.717) is 30.9 Å². The number of aryl methyl sites for hydroxylation is 2. The second-order valence-electron chi connectivity index (χ2n) is 8.64. The van der Waals surface area contributed by atoms with E-state index in [-0.39, 0.29) is 19.0 Å². The molecule has 34 heavy (non-hydrogen) atoms. The molecule has 0 radical (unpaired) electrons. The molecule has 4 rings (SSSR count). The number of carbonyl (C=O) groups is 1. The van der Waals surface area contributed by atoms with Crippen LogP contribution in [-0.4, -0.2) is 59.5 Å². The van der Waals surface area contributed by atoms with Gasteiger partial charge in [0.15, 0.2) is 0 Å². The van der Waals surface area contributed by atoms with Crippen LogP contribution >= 0.6 is 0 Å². The first-order valence-corrected chi connectivity index (χ1v) is 12.9. The molecular weight excluding hydrogens is 448 g/mol. The van der Waals surface area contributed by atoms with Gasteiger partial charge in [0.1, 0.15) is 0 Å². The van der Waals surface area contributed by atoms with Crippen molar-refractivity contribution in [3.63, 3.8) is 0 Å². The van der Waals surface area contributed by atoms with Gasteiger partial charge in [0.05, 0.1) is 17.8 Å². The third-order valence-electron chi connectivity index (χ3n) is 6.17. The minimum atomic E-state index is -3.55. The van der Waals surface area contributed by atoms with Gasteiger partial charge in [-0.05, 0) is 38.0 Å². The van der Waals surface area contributed by atoms with Crippen molar-refractivity contribution < 1.29 is 13.2 Å². The summed E-state index contributed by atoms with van der Waals surface area (Å²) in [4.78, 5) is 15.0. The topological polar surface area (TPSA) is 75.5 Å². The maximum atomic E-state index is 13.3. The molecule has 8 heteroatoms. The molecule has 7 nitrogen and oxygen atoms in total. The molecular formula is C26H30N4O3S. The number of amides is 1. The van der Waals surface area contributed by atoms with Crippen molar-refractivity contribution in [3.8, 4) is 0 Å². The van der Waals surface area contributed by atoms with Gasteiger partial charge in [-0.2, -0.15) is 9.40 Å². The van der Waals surface area contributed by atoms with E-state index in [4.69, 9.17) is 0 Å². The SMILES string of the molecule is Cc1ccc(Cn2nc(C)c(C(=O)N3CCN(S(=O)(=O)/C=C/c4ccccc4)CC3)c2C)cc1. The van der Waals surface area contributed by atoms with Gasteiger partial charge < -0.3 is 4.90 Å². The second kappa shape index (κ2) is 9.95. The summed E-state index contributed by atoms with van der Waals surface area (Å²) in [5.74, 6) is -0.0953. The van der Waals surface area contributed by atoms with Crippen LogP contribution in [0.15, 0.2) is 60.0 Å². The molecule has 3 aromatic rings. The van der Waals surface area contributed by atoms with E-state index in [2.05, 4.69) is 36.3 Å². The van der Waals surface area contributed by atoms with Gasteiger partial charge in [-0.25, -0.2) is 8.42 Å². The van der Waals surface area contributed by atoms with Gasteiger partial charge in [0.25, 0.3) is 5.91 Å². The first-order valence-electron chi connectivity index (χ1n) is 11.4. The Morgan fingerprint density at radius 1 is 0.941 bits per heavy atom. The number of piperazine rings is 1. The van der Waals surface area contributed by atoms with Crippen molar-refractivity contribution in [3.05, 3.63) is 93.6 Å². The third-order valence-corrected chi connectivity index (χ3v) is 7.73. The summed E-state index contributed by atoms with van der Waals surface area (Å²) < 4.78 is 28.8.